The summed E-state index contributed by atoms with van der Waals surface area (Å²) in [5, 5.41) is 4.24. The molecule has 84 valence electrons. The Kier molecular flexibility index (Phi) is 2.92. The zero-order valence-electron chi connectivity index (χ0n) is 9.47. The van der Waals surface area contributed by atoms with Crippen LogP contribution in [0.5, 0.6) is 0 Å². The first-order valence-electron chi connectivity index (χ1n) is 5.11. The van der Waals surface area contributed by atoms with Crippen LogP contribution >= 0.6 is 0 Å². The Morgan fingerprint density at radius 2 is 2.19 bits per heavy atom. The van der Waals surface area contributed by atoms with E-state index in [2.05, 4.69) is 5.10 Å². The molecule has 2 N–H and O–H groups in total. The van der Waals surface area contributed by atoms with Crippen LogP contribution in [-0.2, 0) is 11.3 Å². The molecule has 0 atom stereocenters. The molecule has 0 saturated heterocycles. The van der Waals surface area contributed by atoms with Gasteiger partial charge in [0.2, 0.25) is 0 Å². The van der Waals surface area contributed by atoms with Gasteiger partial charge in [0, 0.05) is 18.9 Å². The fourth-order valence-electron chi connectivity index (χ4n) is 1.70. The first-order chi connectivity index (χ1) is 7.70. The molecule has 16 heavy (non-hydrogen) atoms. The molecule has 0 aliphatic carbocycles. The van der Waals surface area contributed by atoms with Crippen LogP contribution < -0.4 is 5.73 Å². The Morgan fingerprint density at radius 3 is 2.81 bits per heavy atom. The van der Waals surface area contributed by atoms with Crippen LogP contribution in [0.4, 0.5) is 5.82 Å². The Bertz CT molecular complexity index is 491. The van der Waals surface area contributed by atoms with Gasteiger partial charge in [-0.2, -0.15) is 5.10 Å². The number of rotatable bonds is 3. The number of aromatic nitrogens is 2. The molecule has 2 aromatic rings. The highest BCUT2D eigenvalue weighted by atomic mass is 16.5. The van der Waals surface area contributed by atoms with Gasteiger partial charge in [0.25, 0.3) is 0 Å². The van der Waals surface area contributed by atoms with E-state index < -0.39 is 0 Å². The molecule has 0 aliphatic rings. The number of methoxy groups -OCH3 is 1. The highest BCUT2D eigenvalue weighted by molar-refractivity contribution is 5.40. The van der Waals surface area contributed by atoms with Crippen LogP contribution in [0.2, 0.25) is 0 Å². The monoisotopic (exact) mass is 217 g/mol. The van der Waals surface area contributed by atoms with Crippen molar-refractivity contribution in [3.05, 3.63) is 41.6 Å². The Morgan fingerprint density at radius 1 is 1.38 bits per heavy atom. The van der Waals surface area contributed by atoms with Crippen molar-refractivity contribution >= 4 is 5.82 Å². The minimum Gasteiger partial charge on any atom is -0.382 e. The first-order valence-corrected chi connectivity index (χ1v) is 5.11. The molecule has 0 amide bonds. The van der Waals surface area contributed by atoms with Crippen LogP contribution in [0, 0.1) is 6.92 Å². The molecule has 1 heterocycles. The molecule has 0 saturated carbocycles. The third-order valence-corrected chi connectivity index (χ3v) is 2.37. The lowest BCUT2D eigenvalue weighted by Crippen LogP contribution is -2.00. The summed E-state index contributed by atoms with van der Waals surface area (Å²) in [6, 6.07) is 9.90. The number of hydrogen-bond donors (Lipinski definition) is 1. The minimum atomic E-state index is 0.537. The van der Waals surface area contributed by atoms with Crippen LogP contribution in [0.25, 0.3) is 5.69 Å². The van der Waals surface area contributed by atoms with E-state index in [9.17, 15) is 0 Å². The smallest absolute Gasteiger partial charge is 0.146 e. The number of anilines is 1. The number of nitrogens with two attached hydrogens (primary N) is 1. The van der Waals surface area contributed by atoms with Gasteiger partial charge in [-0.3, -0.25) is 0 Å². The second kappa shape index (κ2) is 4.37. The predicted molar refractivity (Wildman–Crippen MR) is 63.4 cm³/mol. The van der Waals surface area contributed by atoms with Crippen molar-refractivity contribution in [3.8, 4) is 5.69 Å². The second-order valence-corrected chi connectivity index (χ2v) is 3.73. The molecule has 0 unspecified atom stereocenters. The standard InChI is InChI=1S/C12H15N3O/c1-9-6-12(13)14-15(9)11-5-3-4-10(7-11)8-16-2/h3-7H,8H2,1-2H3,(H2,13,14). The van der Waals surface area contributed by atoms with Crippen molar-refractivity contribution in [2.45, 2.75) is 13.5 Å². The van der Waals surface area contributed by atoms with Crippen LogP contribution in [0.1, 0.15) is 11.3 Å². The van der Waals surface area contributed by atoms with Crippen LogP contribution in [-0.4, -0.2) is 16.9 Å². The van der Waals surface area contributed by atoms with Gasteiger partial charge in [-0.25, -0.2) is 4.68 Å². The maximum atomic E-state index is 5.66. The van der Waals surface area contributed by atoms with E-state index in [0.717, 1.165) is 16.9 Å². The Hall–Kier alpha value is -1.81. The summed E-state index contributed by atoms with van der Waals surface area (Å²) < 4.78 is 6.93. The van der Waals surface area contributed by atoms with E-state index in [4.69, 9.17) is 10.5 Å². The van der Waals surface area contributed by atoms with Gasteiger partial charge in [-0.05, 0) is 24.6 Å². The Balaban J connectivity index is 2.40. The molecule has 1 aromatic heterocycles. The lowest BCUT2D eigenvalue weighted by Gasteiger charge is -2.06. The SMILES string of the molecule is COCc1cccc(-n2nc(N)cc2C)c1. The molecule has 1 aromatic carbocycles. The maximum Gasteiger partial charge on any atom is 0.146 e. The molecule has 0 aliphatic heterocycles. The zero-order valence-corrected chi connectivity index (χ0v) is 9.47. The summed E-state index contributed by atoms with van der Waals surface area (Å²) in [7, 11) is 1.68. The maximum absolute atomic E-state index is 5.66. The number of nitrogens with zero attached hydrogens (tertiary/aromatic N) is 2. The van der Waals surface area contributed by atoms with Gasteiger partial charge in [0.05, 0.1) is 12.3 Å². The minimum absolute atomic E-state index is 0.537. The molecule has 0 spiro atoms. The summed E-state index contributed by atoms with van der Waals surface area (Å²) in [5.74, 6) is 0.537. The number of ether oxygens (including phenoxy) is 1. The number of nitrogen functional groups attached to an aromatic ring is 1. The van der Waals surface area contributed by atoms with E-state index in [0.29, 0.717) is 12.4 Å². The fourth-order valence-corrected chi connectivity index (χ4v) is 1.70. The number of hydrogen-bond acceptors (Lipinski definition) is 3. The third kappa shape index (κ3) is 2.06. The van der Waals surface area contributed by atoms with E-state index in [-0.39, 0.29) is 0 Å². The zero-order chi connectivity index (χ0) is 11.5. The van der Waals surface area contributed by atoms with Gasteiger partial charge in [-0.15, -0.1) is 0 Å². The molecule has 0 radical (unpaired) electrons. The summed E-state index contributed by atoms with van der Waals surface area (Å²) in [4.78, 5) is 0. The van der Waals surface area contributed by atoms with E-state index in [1.807, 2.05) is 41.9 Å². The normalized spacial score (nSPS) is 10.6. The average molecular weight is 217 g/mol. The topological polar surface area (TPSA) is 53.1 Å². The second-order valence-electron chi connectivity index (χ2n) is 3.73. The van der Waals surface area contributed by atoms with E-state index in [1.54, 1.807) is 7.11 Å². The van der Waals surface area contributed by atoms with Crippen molar-refractivity contribution < 1.29 is 4.74 Å². The Labute approximate surface area is 94.6 Å². The van der Waals surface area contributed by atoms with Crippen molar-refractivity contribution in [1.29, 1.82) is 0 Å². The van der Waals surface area contributed by atoms with Crippen molar-refractivity contribution in [2.75, 3.05) is 12.8 Å². The molecular formula is C12H15N3O. The van der Waals surface area contributed by atoms with Crippen LogP contribution in [0.15, 0.2) is 30.3 Å². The van der Waals surface area contributed by atoms with Crippen molar-refractivity contribution in [2.24, 2.45) is 0 Å². The van der Waals surface area contributed by atoms with Gasteiger partial charge >= 0.3 is 0 Å². The largest absolute Gasteiger partial charge is 0.382 e. The lowest BCUT2D eigenvalue weighted by molar-refractivity contribution is 0.185. The molecule has 2 rings (SSSR count). The summed E-state index contributed by atoms with van der Waals surface area (Å²) >= 11 is 0. The molecule has 0 bridgehead atoms. The summed E-state index contributed by atoms with van der Waals surface area (Å²) in [6.45, 7) is 2.58. The van der Waals surface area contributed by atoms with Crippen molar-refractivity contribution in [3.63, 3.8) is 0 Å². The van der Waals surface area contributed by atoms with Gasteiger partial charge in [0.15, 0.2) is 0 Å². The lowest BCUT2D eigenvalue weighted by atomic mass is 10.2. The summed E-state index contributed by atoms with van der Waals surface area (Å²) in [6.07, 6.45) is 0. The number of benzene rings is 1. The van der Waals surface area contributed by atoms with Gasteiger partial charge in [-0.1, -0.05) is 12.1 Å². The van der Waals surface area contributed by atoms with E-state index in [1.165, 1.54) is 0 Å². The third-order valence-electron chi connectivity index (χ3n) is 2.37. The average Bonchev–Trinajstić information content (AvgIpc) is 2.59. The molecule has 4 heteroatoms. The van der Waals surface area contributed by atoms with Gasteiger partial charge < -0.3 is 10.5 Å². The quantitative estimate of drug-likeness (QED) is 0.854. The fraction of sp³-hybridized carbons (Fsp3) is 0.250. The number of aryl methyl sites for hydroxylation is 1. The highest BCUT2D eigenvalue weighted by Crippen LogP contribution is 2.15. The molecule has 4 nitrogen and oxygen atoms in total. The predicted octanol–water partition coefficient (Wildman–Crippen LogP) is 1.91. The molecule has 0 fully saturated rings. The summed E-state index contributed by atoms with van der Waals surface area (Å²) in [5.41, 5.74) is 8.80. The molecular weight excluding hydrogens is 202 g/mol. The van der Waals surface area contributed by atoms with E-state index >= 15 is 0 Å². The first kappa shape index (κ1) is 10.7. The van der Waals surface area contributed by atoms with Gasteiger partial charge in [0.1, 0.15) is 5.82 Å². The van der Waals surface area contributed by atoms with Crippen molar-refractivity contribution in [1.82, 2.24) is 9.78 Å². The highest BCUT2D eigenvalue weighted by Gasteiger charge is 2.04. The van der Waals surface area contributed by atoms with Crippen LogP contribution in [0.3, 0.4) is 0 Å².